The van der Waals surface area contributed by atoms with Gasteiger partial charge in [-0.15, -0.1) is 0 Å². The fourth-order valence-electron chi connectivity index (χ4n) is 4.92. The Labute approximate surface area is 209 Å². The molecule has 2 amide bonds. The quantitative estimate of drug-likeness (QED) is 0.289. The van der Waals surface area contributed by atoms with Crippen LogP contribution in [0.1, 0.15) is 72.6 Å². The molecule has 1 saturated carbocycles. The van der Waals surface area contributed by atoms with Crippen molar-refractivity contribution in [3.8, 4) is 0 Å². The number of hydrogen-bond acceptors (Lipinski definition) is 6. The monoisotopic (exact) mass is 492 g/mol. The molecule has 1 aliphatic heterocycles. The summed E-state index contributed by atoms with van der Waals surface area (Å²) >= 11 is 0. The number of carbonyl (C=O) groups excluding carboxylic acids is 2. The predicted octanol–water partition coefficient (Wildman–Crippen LogP) is 3.54. The van der Waals surface area contributed by atoms with E-state index in [0.717, 1.165) is 37.7 Å². The van der Waals surface area contributed by atoms with Crippen molar-refractivity contribution in [1.29, 1.82) is 0 Å². The standard InChI is InChI=1S/C27H44N2O6/c1-19(7-14-23-16-27(33,18-30)17-26(3,4)35-23)6-9-21-10-12-22(13-11-21)29-24(31)15-8-20(2)34-25(32)28-5/h6-8,14-15,20-23,30,33H,9-13,16-18H2,1-5H3,(H,28,32)(H,29,31)/b14-7+,15-8-,19-6+/t20-,21-,22+,23+,27-/m0/s1. The summed E-state index contributed by atoms with van der Waals surface area (Å²) in [6.07, 6.45) is 13.8. The van der Waals surface area contributed by atoms with Gasteiger partial charge in [0.15, 0.2) is 0 Å². The van der Waals surface area contributed by atoms with E-state index >= 15 is 0 Å². The van der Waals surface area contributed by atoms with Crippen molar-refractivity contribution >= 4 is 12.0 Å². The Morgan fingerprint density at radius 2 is 1.89 bits per heavy atom. The molecule has 0 unspecified atom stereocenters. The molecule has 2 aliphatic rings. The summed E-state index contributed by atoms with van der Waals surface area (Å²) in [5.74, 6) is 0.426. The molecule has 1 saturated heterocycles. The molecule has 0 radical (unpaired) electrons. The van der Waals surface area contributed by atoms with Gasteiger partial charge in [-0.3, -0.25) is 4.79 Å². The maximum atomic E-state index is 12.2. The van der Waals surface area contributed by atoms with Crippen LogP contribution < -0.4 is 10.6 Å². The minimum atomic E-state index is -1.10. The van der Waals surface area contributed by atoms with Crippen LogP contribution in [-0.4, -0.2) is 65.3 Å². The summed E-state index contributed by atoms with van der Waals surface area (Å²) < 4.78 is 11.1. The van der Waals surface area contributed by atoms with E-state index in [1.54, 1.807) is 13.0 Å². The maximum absolute atomic E-state index is 12.2. The molecule has 0 aromatic heterocycles. The zero-order valence-electron chi connectivity index (χ0n) is 21.9. The molecule has 0 aromatic carbocycles. The molecular formula is C27H44N2O6. The van der Waals surface area contributed by atoms with Crippen LogP contribution in [0.15, 0.2) is 36.0 Å². The van der Waals surface area contributed by atoms with E-state index in [0.29, 0.717) is 18.8 Å². The van der Waals surface area contributed by atoms with Crippen LogP contribution in [0.2, 0.25) is 0 Å². The van der Waals surface area contributed by atoms with Gasteiger partial charge in [-0.25, -0.2) is 4.79 Å². The fraction of sp³-hybridized carbons (Fsp3) is 0.704. The second kappa shape index (κ2) is 13.2. The fourth-order valence-corrected chi connectivity index (χ4v) is 4.92. The molecule has 8 heteroatoms. The van der Waals surface area contributed by atoms with E-state index in [9.17, 15) is 19.8 Å². The van der Waals surface area contributed by atoms with Crippen LogP contribution in [0.3, 0.4) is 0 Å². The molecule has 35 heavy (non-hydrogen) atoms. The molecule has 0 bridgehead atoms. The lowest BCUT2D eigenvalue weighted by molar-refractivity contribution is -0.180. The van der Waals surface area contributed by atoms with E-state index < -0.39 is 23.4 Å². The van der Waals surface area contributed by atoms with Crippen molar-refractivity contribution < 1.29 is 29.3 Å². The molecule has 198 valence electrons. The number of aliphatic hydroxyl groups is 2. The Kier molecular flexibility index (Phi) is 11.0. The van der Waals surface area contributed by atoms with Crippen LogP contribution in [0.5, 0.6) is 0 Å². The highest BCUT2D eigenvalue weighted by Gasteiger charge is 2.42. The van der Waals surface area contributed by atoms with E-state index in [2.05, 4.69) is 23.6 Å². The minimum absolute atomic E-state index is 0.164. The van der Waals surface area contributed by atoms with Crippen LogP contribution in [-0.2, 0) is 14.3 Å². The van der Waals surface area contributed by atoms with Gasteiger partial charge in [0.2, 0.25) is 5.91 Å². The number of hydrogen-bond donors (Lipinski definition) is 4. The highest BCUT2D eigenvalue weighted by Crippen LogP contribution is 2.36. The Bertz CT molecular complexity index is 797. The highest BCUT2D eigenvalue weighted by molar-refractivity contribution is 5.87. The summed E-state index contributed by atoms with van der Waals surface area (Å²) in [5.41, 5.74) is -0.433. The minimum Gasteiger partial charge on any atom is -0.442 e. The smallest absolute Gasteiger partial charge is 0.407 e. The normalized spacial score (nSPS) is 30.3. The number of alkyl carbamates (subject to hydrolysis) is 1. The molecule has 0 aromatic rings. The van der Waals surface area contributed by atoms with Crippen LogP contribution in [0, 0.1) is 5.92 Å². The summed E-state index contributed by atoms with van der Waals surface area (Å²) in [4.78, 5) is 23.3. The van der Waals surface area contributed by atoms with Crippen molar-refractivity contribution in [3.63, 3.8) is 0 Å². The zero-order chi connectivity index (χ0) is 26.1. The molecule has 4 N–H and O–H groups in total. The Morgan fingerprint density at radius 3 is 2.51 bits per heavy atom. The molecule has 0 spiro atoms. The van der Waals surface area contributed by atoms with Gasteiger partial charge in [0.05, 0.1) is 23.9 Å². The predicted molar refractivity (Wildman–Crippen MR) is 136 cm³/mol. The molecule has 3 atom stereocenters. The molecule has 2 rings (SSSR count). The van der Waals surface area contributed by atoms with Gasteiger partial charge in [-0.1, -0.05) is 23.8 Å². The summed E-state index contributed by atoms with van der Waals surface area (Å²) in [6, 6.07) is 0.167. The third-order valence-corrected chi connectivity index (χ3v) is 6.66. The number of carbonyl (C=O) groups is 2. The third kappa shape index (κ3) is 10.5. The number of allylic oxidation sites excluding steroid dienone is 3. The van der Waals surface area contributed by atoms with Gasteiger partial charge < -0.3 is 30.3 Å². The van der Waals surface area contributed by atoms with Gasteiger partial charge in [0, 0.05) is 32.0 Å². The number of ether oxygens (including phenoxy) is 2. The van der Waals surface area contributed by atoms with Crippen LogP contribution in [0.4, 0.5) is 4.79 Å². The van der Waals surface area contributed by atoms with Crippen LogP contribution >= 0.6 is 0 Å². The second-order valence-corrected chi connectivity index (χ2v) is 10.7. The van der Waals surface area contributed by atoms with Crippen molar-refractivity contribution in [1.82, 2.24) is 10.6 Å². The Morgan fingerprint density at radius 1 is 1.20 bits per heavy atom. The first-order chi connectivity index (χ1) is 16.4. The lowest BCUT2D eigenvalue weighted by Gasteiger charge is -2.44. The van der Waals surface area contributed by atoms with Gasteiger partial charge in [0.1, 0.15) is 6.10 Å². The van der Waals surface area contributed by atoms with Gasteiger partial charge in [-0.05, 0) is 71.8 Å². The molecule has 8 nitrogen and oxygen atoms in total. The lowest BCUT2D eigenvalue weighted by Crippen LogP contribution is -2.51. The molecule has 1 heterocycles. The van der Waals surface area contributed by atoms with Gasteiger partial charge in [0.25, 0.3) is 0 Å². The highest BCUT2D eigenvalue weighted by atomic mass is 16.6. The molecular weight excluding hydrogens is 448 g/mol. The first kappa shape index (κ1) is 29.1. The van der Waals surface area contributed by atoms with Gasteiger partial charge in [-0.2, -0.15) is 0 Å². The zero-order valence-corrected chi connectivity index (χ0v) is 21.9. The number of rotatable bonds is 9. The van der Waals surface area contributed by atoms with Crippen LogP contribution in [0.25, 0.3) is 0 Å². The number of aliphatic hydroxyl groups excluding tert-OH is 1. The maximum Gasteiger partial charge on any atom is 0.407 e. The summed E-state index contributed by atoms with van der Waals surface area (Å²) in [5, 5.41) is 25.6. The Balaban J connectivity index is 1.73. The Hall–Kier alpha value is -2.16. The van der Waals surface area contributed by atoms with Gasteiger partial charge >= 0.3 is 6.09 Å². The number of nitrogens with one attached hydrogen (secondary N) is 2. The summed E-state index contributed by atoms with van der Waals surface area (Å²) in [6.45, 7) is 7.38. The molecule has 2 fully saturated rings. The average molecular weight is 493 g/mol. The lowest BCUT2D eigenvalue weighted by atomic mass is 9.82. The van der Waals surface area contributed by atoms with E-state index in [4.69, 9.17) is 9.47 Å². The number of amides is 2. The topological polar surface area (TPSA) is 117 Å². The first-order valence-corrected chi connectivity index (χ1v) is 12.7. The van der Waals surface area contributed by atoms with E-state index in [-0.39, 0.29) is 24.7 Å². The summed E-state index contributed by atoms with van der Waals surface area (Å²) in [7, 11) is 1.49. The van der Waals surface area contributed by atoms with Crippen molar-refractivity contribution in [2.45, 2.75) is 102 Å². The van der Waals surface area contributed by atoms with Crippen molar-refractivity contribution in [2.75, 3.05) is 13.7 Å². The largest absolute Gasteiger partial charge is 0.442 e. The second-order valence-electron chi connectivity index (χ2n) is 10.7. The van der Waals surface area contributed by atoms with E-state index in [1.807, 2.05) is 26.0 Å². The SMILES string of the molecule is CNC(=O)O[C@@H](C)/C=C\C(=O)N[C@H]1CC[C@@H](C/C=C(C)/C=C/[C@@H]2C[C@@](O)(CO)CC(C)(C)O2)CC1. The third-order valence-electron chi connectivity index (χ3n) is 6.66. The van der Waals surface area contributed by atoms with Crippen molar-refractivity contribution in [3.05, 3.63) is 36.0 Å². The first-order valence-electron chi connectivity index (χ1n) is 12.7. The average Bonchev–Trinajstić information content (AvgIpc) is 2.79. The van der Waals surface area contributed by atoms with E-state index in [1.165, 1.54) is 13.1 Å². The van der Waals surface area contributed by atoms with Crippen molar-refractivity contribution in [2.24, 2.45) is 5.92 Å². The molecule has 1 aliphatic carbocycles.